The molecular formula is C23H27N3O3. The third-order valence-corrected chi connectivity index (χ3v) is 6.52. The Morgan fingerprint density at radius 2 is 1.93 bits per heavy atom. The zero-order valence-corrected chi connectivity index (χ0v) is 17.2. The summed E-state index contributed by atoms with van der Waals surface area (Å²) >= 11 is 0. The molecule has 1 saturated heterocycles. The fourth-order valence-corrected chi connectivity index (χ4v) is 5.10. The SMILES string of the molecule is CCC[C@@H]1N(C(=O)c2ccc(C)n(CC)c2=O)CC[C@]12C(=O)Nc1ccccc12. The van der Waals surface area contributed by atoms with Gasteiger partial charge < -0.3 is 14.8 Å². The number of para-hydroxylation sites is 1. The van der Waals surface area contributed by atoms with Crippen LogP contribution in [-0.4, -0.2) is 33.9 Å². The van der Waals surface area contributed by atoms with Crippen molar-refractivity contribution in [1.82, 2.24) is 9.47 Å². The molecule has 2 aliphatic rings. The maximum Gasteiger partial charge on any atom is 0.263 e. The summed E-state index contributed by atoms with van der Waals surface area (Å²) in [6.45, 7) is 6.80. The second-order valence-corrected chi connectivity index (χ2v) is 7.96. The molecule has 1 spiro atoms. The Bertz CT molecular complexity index is 1040. The zero-order chi connectivity index (χ0) is 20.8. The fourth-order valence-electron chi connectivity index (χ4n) is 5.10. The van der Waals surface area contributed by atoms with Crippen molar-refractivity contribution < 1.29 is 9.59 Å². The van der Waals surface area contributed by atoms with Crippen LogP contribution in [0.4, 0.5) is 5.69 Å². The maximum absolute atomic E-state index is 13.5. The van der Waals surface area contributed by atoms with E-state index in [1.807, 2.05) is 44.2 Å². The Morgan fingerprint density at radius 1 is 1.17 bits per heavy atom. The van der Waals surface area contributed by atoms with E-state index < -0.39 is 5.41 Å². The van der Waals surface area contributed by atoms with Gasteiger partial charge in [-0.25, -0.2) is 0 Å². The van der Waals surface area contributed by atoms with Gasteiger partial charge in [0.15, 0.2) is 0 Å². The second kappa shape index (κ2) is 7.17. The van der Waals surface area contributed by atoms with E-state index in [0.29, 0.717) is 25.9 Å². The molecule has 4 rings (SSSR count). The summed E-state index contributed by atoms with van der Waals surface area (Å²) < 4.78 is 1.62. The summed E-state index contributed by atoms with van der Waals surface area (Å²) in [5.74, 6) is -0.313. The first-order valence-corrected chi connectivity index (χ1v) is 10.4. The molecule has 6 heteroatoms. The number of rotatable bonds is 4. The number of pyridine rings is 1. The van der Waals surface area contributed by atoms with E-state index >= 15 is 0 Å². The minimum Gasteiger partial charge on any atom is -0.334 e. The lowest BCUT2D eigenvalue weighted by atomic mass is 9.73. The highest BCUT2D eigenvalue weighted by atomic mass is 16.2. The van der Waals surface area contributed by atoms with E-state index in [2.05, 4.69) is 12.2 Å². The summed E-state index contributed by atoms with van der Waals surface area (Å²) in [6.07, 6.45) is 2.13. The van der Waals surface area contributed by atoms with Crippen LogP contribution >= 0.6 is 0 Å². The van der Waals surface area contributed by atoms with Crippen molar-refractivity contribution in [2.24, 2.45) is 0 Å². The van der Waals surface area contributed by atoms with Crippen LogP contribution in [0.5, 0.6) is 0 Å². The Labute approximate surface area is 170 Å². The molecule has 2 amide bonds. The van der Waals surface area contributed by atoms with Gasteiger partial charge in [0.25, 0.3) is 11.5 Å². The molecule has 2 aliphatic heterocycles. The largest absolute Gasteiger partial charge is 0.334 e. The number of fused-ring (bicyclic) bond motifs is 2. The van der Waals surface area contributed by atoms with Crippen LogP contribution in [-0.2, 0) is 16.8 Å². The van der Waals surface area contributed by atoms with Gasteiger partial charge in [-0.15, -0.1) is 0 Å². The van der Waals surface area contributed by atoms with Crippen molar-refractivity contribution >= 4 is 17.5 Å². The number of anilines is 1. The number of nitrogens with zero attached hydrogens (tertiary/aromatic N) is 2. The monoisotopic (exact) mass is 393 g/mol. The lowest BCUT2D eigenvalue weighted by molar-refractivity contribution is -0.121. The number of aromatic nitrogens is 1. The normalized spacial score (nSPS) is 22.8. The third-order valence-electron chi connectivity index (χ3n) is 6.52. The van der Waals surface area contributed by atoms with Crippen molar-refractivity contribution in [3.05, 3.63) is 63.6 Å². The smallest absolute Gasteiger partial charge is 0.263 e. The minimum atomic E-state index is -0.739. The molecule has 152 valence electrons. The first kappa shape index (κ1) is 19.4. The molecule has 0 bridgehead atoms. The van der Waals surface area contributed by atoms with E-state index in [0.717, 1.165) is 23.4 Å². The molecule has 1 N–H and O–H groups in total. The molecule has 1 fully saturated rings. The number of hydrogen-bond donors (Lipinski definition) is 1. The number of amides is 2. The zero-order valence-electron chi connectivity index (χ0n) is 17.2. The van der Waals surface area contributed by atoms with Crippen molar-refractivity contribution in [2.75, 3.05) is 11.9 Å². The second-order valence-electron chi connectivity index (χ2n) is 7.96. The van der Waals surface area contributed by atoms with Gasteiger partial charge >= 0.3 is 0 Å². The number of likely N-dealkylation sites (tertiary alicyclic amines) is 1. The molecule has 1 aromatic heterocycles. The van der Waals surface area contributed by atoms with Crippen molar-refractivity contribution in [2.45, 2.75) is 58.0 Å². The predicted molar refractivity (Wildman–Crippen MR) is 112 cm³/mol. The first-order chi connectivity index (χ1) is 14.0. The van der Waals surface area contributed by atoms with Crippen LogP contribution in [0.2, 0.25) is 0 Å². The first-order valence-electron chi connectivity index (χ1n) is 10.4. The van der Waals surface area contributed by atoms with E-state index in [1.54, 1.807) is 15.5 Å². The molecule has 29 heavy (non-hydrogen) atoms. The topological polar surface area (TPSA) is 71.4 Å². The quantitative estimate of drug-likeness (QED) is 0.868. The molecule has 0 unspecified atom stereocenters. The van der Waals surface area contributed by atoms with Crippen LogP contribution in [0, 0.1) is 6.92 Å². The van der Waals surface area contributed by atoms with Crippen LogP contribution in [0.25, 0.3) is 0 Å². The van der Waals surface area contributed by atoms with Gasteiger partial charge in [-0.2, -0.15) is 0 Å². The van der Waals surface area contributed by atoms with Gasteiger partial charge in [0, 0.05) is 24.5 Å². The Morgan fingerprint density at radius 3 is 2.66 bits per heavy atom. The van der Waals surface area contributed by atoms with E-state index in [-0.39, 0.29) is 29.0 Å². The molecule has 6 nitrogen and oxygen atoms in total. The standard InChI is InChI=1S/C23H27N3O3/c1-4-8-19-23(17-9-6-7-10-18(17)24-22(23)29)13-14-26(19)21(28)16-12-11-15(3)25(5-2)20(16)27/h6-7,9-12,19H,4-5,8,13-14H2,1-3H3,(H,24,29)/t19-,23+/m0/s1. The van der Waals surface area contributed by atoms with Crippen LogP contribution < -0.4 is 10.9 Å². The summed E-state index contributed by atoms with van der Waals surface area (Å²) in [6, 6.07) is 10.9. The molecule has 0 aliphatic carbocycles. The Hall–Kier alpha value is -2.89. The van der Waals surface area contributed by atoms with Crippen LogP contribution in [0.15, 0.2) is 41.2 Å². The van der Waals surface area contributed by atoms with E-state index in [9.17, 15) is 14.4 Å². The van der Waals surface area contributed by atoms with Gasteiger partial charge in [0.05, 0.1) is 11.5 Å². The Kier molecular flexibility index (Phi) is 4.81. The molecule has 1 aromatic carbocycles. The fraction of sp³-hybridized carbons (Fsp3) is 0.435. The molecule has 2 atom stereocenters. The molecular weight excluding hydrogens is 366 g/mol. The van der Waals surface area contributed by atoms with E-state index in [1.165, 1.54) is 0 Å². The number of carbonyl (C=O) groups excluding carboxylic acids is 2. The lowest BCUT2D eigenvalue weighted by Gasteiger charge is -2.34. The van der Waals surface area contributed by atoms with Crippen LogP contribution in [0.3, 0.4) is 0 Å². The lowest BCUT2D eigenvalue weighted by Crippen LogP contribution is -2.49. The van der Waals surface area contributed by atoms with Gasteiger partial charge in [0.1, 0.15) is 5.56 Å². The predicted octanol–water partition coefficient (Wildman–Crippen LogP) is 3.08. The van der Waals surface area contributed by atoms with Gasteiger partial charge in [-0.05, 0) is 50.5 Å². The molecule has 2 aromatic rings. The van der Waals surface area contributed by atoms with Crippen molar-refractivity contribution in [3.8, 4) is 0 Å². The third kappa shape index (κ3) is 2.73. The average molecular weight is 393 g/mol. The van der Waals surface area contributed by atoms with E-state index in [4.69, 9.17) is 0 Å². The summed E-state index contributed by atoms with van der Waals surface area (Å²) in [5.41, 5.74) is 1.81. The minimum absolute atomic E-state index is 0.0395. The number of benzene rings is 1. The molecule has 3 heterocycles. The highest BCUT2D eigenvalue weighted by Gasteiger charge is 2.58. The van der Waals surface area contributed by atoms with Gasteiger partial charge in [-0.1, -0.05) is 31.5 Å². The summed E-state index contributed by atoms with van der Waals surface area (Å²) in [7, 11) is 0. The molecule has 0 radical (unpaired) electrons. The highest BCUT2D eigenvalue weighted by Crippen LogP contribution is 2.49. The number of carbonyl (C=O) groups is 2. The average Bonchev–Trinajstić information content (AvgIpc) is 3.22. The summed E-state index contributed by atoms with van der Waals surface area (Å²) in [4.78, 5) is 41.3. The van der Waals surface area contributed by atoms with Crippen LogP contribution in [0.1, 0.15) is 54.7 Å². The van der Waals surface area contributed by atoms with Crippen molar-refractivity contribution in [1.29, 1.82) is 0 Å². The maximum atomic E-state index is 13.5. The number of hydrogen-bond acceptors (Lipinski definition) is 3. The Balaban J connectivity index is 1.78. The highest BCUT2D eigenvalue weighted by molar-refractivity contribution is 6.08. The molecule has 0 saturated carbocycles. The van der Waals surface area contributed by atoms with Gasteiger partial charge in [0.2, 0.25) is 5.91 Å². The number of aryl methyl sites for hydroxylation is 1. The van der Waals surface area contributed by atoms with Gasteiger partial charge in [-0.3, -0.25) is 14.4 Å². The number of nitrogens with one attached hydrogen (secondary N) is 1. The summed E-state index contributed by atoms with van der Waals surface area (Å²) in [5, 5.41) is 3.01. The van der Waals surface area contributed by atoms with Crippen molar-refractivity contribution in [3.63, 3.8) is 0 Å².